The van der Waals surface area contributed by atoms with Gasteiger partial charge in [0.15, 0.2) is 11.5 Å². The van der Waals surface area contributed by atoms with Gasteiger partial charge in [-0.1, -0.05) is 19.1 Å². The number of aliphatic hydroxyl groups excluding tert-OH is 1. The molecule has 2 aromatic carbocycles. The Labute approximate surface area is 195 Å². The first-order valence-electron chi connectivity index (χ1n) is 11.3. The van der Waals surface area contributed by atoms with Crippen LogP contribution in [0.25, 0.3) is 5.76 Å². The summed E-state index contributed by atoms with van der Waals surface area (Å²) >= 11 is 0. The lowest BCUT2D eigenvalue weighted by molar-refractivity contribution is -0.139. The first-order chi connectivity index (χ1) is 15.9. The van der Waals surface area contributed by atoms with Crippen LogP contribution in [0.1, 0.15) is 44.4 Å². The number of nitrogens with zero attached hydrogens (tertiary/aromatic N) is 2. The number of hydrogen-bond donors (Lipinski definition) is 1. The lowest BCUT2D eigenvalue weighted by Gasteiger charge is -2.26. The van der Waals surface area contributed by atoms with Gasteiger partial charge < -0.3 is 24.4 Å². The maximum atomic E-state index is 13.1. The van der Waals surface area contributed by atoms with Gasteiger partial charge in [-0.05, 0) is 56.2 Å². The Balaban J connectivity index is 2.14. The number of ether oxygens (including phenoxy) is 2. The number of aliphatic hydroxyl groups is 1. The molecule has 1 aliphatic heterocycles. The van der Waals surface area contributed by atoms with Crippen LogP contribution in [-0.2, 0) is 9.59 Å². The molecule has 1 amide bonds. The molecule has 0 bridgehead atoms. The van der Waals surface area contributed by atoms with E-state index in [9.17, 15) is 14.7 Å². The first kappa shape index (κ1) is 24.2. The van der Waals surface area contributed by atoms with Crippen molar-refractivity contribution in [2.24, 2.45) is 0 Å². The molecule has 1 atom stereocenters. The van der Waals surface area contributed by atoms with Crippen molar-refractivity contribution >= 4 is 23.1 Å². The Morgan fingerprint density at radius 3 is 2.15 bits per heavy atom. The molecule has 0 radical (unpaired) electrons. The Bertz CT molecular complexity index is 1040. The van der Waals surface area contributed by atoms with Crippen LogP contribution in [-0.4, -0.2) is 55.6 Å². The summed E-state index contributed by atoms with van der Waals surface area (Å²) < 4.78 is 10.6. The van der Waals surface area contributed by atoms with E-state index >= 15 is 0 Å². The topological polar surface area (TPSA) is 79.3 Å². The molecule has 3 rings (SSSR count). The predicted octanol–water partition coefficient (Wildman–Crippen LogP) is 4.38. The molecule has 0 aromatic heterocycles. The number of carbonyl (C=O) groups is 2. The van der Waals surface area contributed by atoms with E-state index in [1.165, 1.54) is 14.2 Å². The number of anilines is 1. The summed E-state index contributed by atoms with van der Waals surface area (Å²) in [7, 11) is 3.02. The molecule has 1 aliphatic rings. The van der Waals surface area contributed by atoms with Gasteiger partial charge in [-0.3, -0.25) is 9.59 Å². The molecule has 0 spiro atoms. The minimum Gasteiger partial charge on any atom is -0.507 e. The zero-order valence-electron chi connectivity index (χ0n) is 19.9. The largest absolute Gasteiger partial charge is 0.507 e. The highest BCUT2D eigenvalue weighted by Crippen LogP contribution is 2.41. The minimum atomic E-state index is -0.687. The monoisotopic (exact) mass is 452 g/mol. The summed E-state index contributed by atoms with van der Waals surface area (Å²) in [5.41, 5.74) is 2.31. The van der Waals surface area contributed by atoms with Gasteiger partial charge in [0.1, 0.15) is 5.76 Å². The van der Waals surface area contributed by atoms with Gasteiger partial charge in [-0.15, -0.1) is 0 Å². The van der Waals surface area contributed by atoms with E-state index < -0.39 is 17.7 Å². The number of benzene rings is 2. The molecule has 7 nitrogen and oxygen atoms in total. The Kier molecular flexibility index (Phi) is 7.63. The molecule has 176 valence electrons. The van der Waals surface area contributed by atoms with E-state index in [2.05, 4.69) is 18.7 Å². The second-order valence-electron chi connectivity index (χ2n) is 7.83. The maximum absolute atomic E-state index is 13.1. The van der Waals surface area contributed by atoms with Crippen molar-refractivity contribution in [2.45, 2.75) is 33.2 Å². The van der Waals surface area contributed by atoms with E-state index in [-0.39, 0.29) is 11.3 Å². The summed E-state index contributed by atoms with van der Waals surface area (Å²) in [6.07, 6.45) is 0.692. The summed E-state index contributed by atoms with van der Waals surface area (Å²) in [5.74, 6) is -0.593. The normalized spacial score (nSPS) is 17.4. The van der Waals surface area contributed by atoms with Crippen molar-refractivity contribution in [1.82, 2.24) is 4.90 Å². The number of methoxy groups -OCH3 is 2. The zero-order chi connectivity index (χ0) is 24.1. The highest BCUT2D eigenvalue weighted by Gasteiger charge is 2.45. The van der Waals surface area contributed by atoms with Gasteiger partial charge in [-0.25, -0.2) is 0 Å². The van der Waals surface area contributed by atoms with Crippen molar-refractivity contribution in [3.05, 3.63) is 59.2 Å². The van der Waals surface area contributed by atoms with Crippen LogP contribution in [0.2, 0.25) is 0 Å². The molecule has 1 unspecified atom stereocenters. The van der Waals surface area contributed by atoms with Gasteiger partial charge >= 0.3 is 0 Å². The molecule has 2 aromatic rings. The van der Waals surface area contributed by atoms with Gasteiger partial charge in [0, 0.05) is 30.9 Å². The number of carbonyl (C=O) groups excluding carboxylic acids is 2. The number of hydrogen-bond acceptors (Lipinski definition) is 6. The van der Waals surface area contributed by atoms with Gasteiger partial charge in [0.2, 0.25) is 0 Å². The number of amides is 1. The fourth-order valence-electron chi connectivity index (χ4n) is 4.29. The van der Waals surface area contributed by atoms with Crippen molar-refractivity contribution in [3.63, 3.8) is 0 Å². The molecular formula is C26H32N2O5. The second-order valence-corrected chi connectivity index (χ2v) is 7.83. The number of Topliss-reactive ketones (excluding diaryl/α,β-unsaturated/α-hetero) is 1. The van der Waals surface area contributed by atoms with Crippen LogP contribution in [0.3, 0.4) is 0 Å². The van der Waals surface area contributed by atoms with E-state index in [1.807, 2.05) is 31.2 Å². The first-order valence-corrected chi connectivity index (χ1v) is 11.3. The van der Waals surface area contributed by atoms with Crippen LogP contribution < -0.4 is 14.4 Å². The SMILES string of the molecule is CCCN1C(=O)C(=O)/C(=C(\O)c2ccc(OC)c(OC)c2)C1c1ccc(N(CC)CC)cc1. The quantitative estimate of drug-likeness (QED) is 0.346. The zero-order valence-corrected chi connectivity index (χ0v) is 19.9. The Morgan fingerprint density at radius 1 is 0.970 bits per heavy atom. The van der Waals surface area contributed by atoms with Crippen molar-refractivity contribution in [2.75, 3.05) is 38.8 Å². The standard InChI is InChI=1S/C26H32N2O5/c1-6-15-28-23(17-9-12-19(13-10-17)27(7-2)8-3)22(25(30)26(28)31)24(29)18-11-14-20(32-4)21(16-18)33-5/h9-14,16,23,29H,6-8,15H2,1-5H3/b24-22-. The van der Waals surface area contributed by atoms with Crippen LogP contribution in [0.5, 0.6) is 11.5 Å². The number of likely N-dealkylation sites (tertiary alicyclic amines) is 1. The summed E-state index contributed by atoms with van der Waals surface area (Å²) in [5, 5.41) is 11.2. The number of rotatable bonds is 9. The fraction of sp³-hybridized carbons (Fsp3) is 0.385. The van der Waals surface area contributed by atoms with Gasteiger partial charge in [0.05, 0.1) is 25.8 Å². The smallest absolute Gasteiger partial charge is 0.295 e. The molecule has 33 heavy (non-hydrogen) atoms. The lowest BCUT2D eigenvalue weighted by Crippen LogP contribution is -2.30. The van der Waals surface area contributed by atoms with Crippen LogP contribution in [0.4, 0.5) is 5.69 Å². The maximum Gasteiger partial charge on any atom is 0.295 e. The average Bonchev–Trinajstić information content (AvgIpc) is 3.09. The van der Waals surface area contributed by atoms with Crippen molar-refractivity contribution in [1.29, 1.82) is 0 Å². The molecule has 0 saturated carbocycles. The van der Waals surface area contributed by atoms with E-state index in [0.29, 0.717) is 30.0 Å². The third kappa shape index (κ3) is 4.53. The average molecular weight is 453 g/mol. The molecular weight excluding hydrogens is 420 g/mol. The van der Waals surface area contributed by atoms with E-state index in [4.69, 9.17) is 9.47 Å². The molecule has 1 saturated heterocycles. The minimum absolute atomic E-state index is 0.0799. The summed E-state index contributed by atoms with van der Waals surface area (Å²) in [6, 6.07) is 12.1. The lowest BCUT2D eigenvalue weighted by atomic mass is 9.95. The van der Waals surface area contributed by atoms with E-state index in [1.54, 1.807) is 23.1 Å². The predicted molar refractivity (Wildman–Crippen MR) is 129 cm³/mol. The second kappa shape index (κ2) is 10.4. The third-order valence-electron chi connectivity index (χ3n) is 6.00. The number of ketones is 1. The fourth-order valence-corrected chi connectivity index (χ4v) is 4.29. The van der Waals surface area contributed by atoms with Crippen LogP contribution in [0.15, 0.2) is 48.0 Å². The van der Waals surface area contributed by atoms with Gasteiger partial charge in [0.25, 0.3) is 11.7 Å². The summed E-state index contributed by atoms with van der Waals surface area (Å²) in [4.78, 5) is 29.7. The highest BCUT2D eigenvalue weighted by atomic mass is 16.5. The van der Waals surface area contributed by atoms with Crippen molar-refractivity contribution in [3.8, 4) is 11.5 Å². The molecule has 0 aliphatic carbocycles. The van der Waals surface area contributed by atoms with Gasteiger partial charge in [-0.2, -0.15) is 0 Å². The molecule has 1 N–H and O–H groups in total. The van der Waals surface area contributed by atoms with E-state index in [0.717, 1.165) is 24.3 Å². The van der Waals surface area contributed by atoms with Crippen LogP contribution in [0, 0.1) is 0 Å². The molecule has 1 fully saturated rings. The Hall–Kier alpha value is -3.48. The third-order valence-corrected chi connectivity index (χ3v) is 6.00. The van der Waals surface area contributed by atoms with Crippen molar-refractivity contribution < 1.29 is 24.2 Å². The molecule has 7 heteroatoms. The Morgan fingerprint density at radius 2 is 1.61 bits per heavy atom. The van der Waals surface area contributed by atoms with Crippen LogP contribution >= 0.6 is 0 Å². The highest BCUT2D eigenvalue weighted by molar-refractivity contribution is 6.46. The summed E-state index contributed by atoms with van der Waals surface area (Å²) in [6.45, 7) is 8.31. The molecule has 1 heterocycles.